The summed E-state index contributed by atoms with van der Waals surface area (Å²) in [6, 6.07) is 8.39. The highest BCUT2D eigenvalue weighted by Gasteiger charge is 2.46. The van der Waals surface area contributed by atoms with Gasteiger partial charge in [-0.05, 0) is 31.4 Å². The average molecular weight is 463 g/mol. The summed E-state index contributed by atoms with van der Waals surface area (Å²) in [7, 11) is 1.27. The molecule has 0 aliphatic carbocycles. The van der Waals surface area contributed by atoms with Crippen molar-refractivity contribution in [2.24, 2.45) is 0 Å². The largest absolute Gasteiger partial charge is 0.507 e. The molecule has 1 saturated heterocycles. The number of nitrogens with zero attached hydrogens (tertiary/aromatic N) is 3. The second kappa shape index (κ2) is 9.38. The van der Waals surface area contributed by atoms with E-state index >= 15 is 0 Å². The van der Waals surface area contributed by atoms with Crippen LogP contribution in [0.15, 0.2) is 54.6 Å². The number of likely N-dealkylation sites (tertiary alicyclic amines) is 1. The Hall–Kier alpha value is -4.14. The summed E-state index contributed by atoms with van der Waals surface area (Å²) in [5.74, 6) is -2.32. The van der Waals surface area contributed by atoms with E-state index in [4.69, 9.17) is 4.74 Å². The van der Waals surface area contributed by atoms with Gasteiger partial charge < -0.3 is 24.3 Å². The minimum atomic E-state index is -0.756. The van der Waals surface area contributed by atoms with Crippen molar-refractivity contribution in [1.82, 2.24) is 19.4 Å². The first-order valence-corrected chi connectivity index (χ1v) is 10.9. The van der Waals surface area contributed by atoms with Crippen molar-refractivity contribution in [3.63, 3.8) is 0 Å². The summed E-state index contributed by atoms with van der Waals surface area (Å²) >= 11 is 0. The molecule has 3 heterocycles. The van der Waals surface area contributed by atoms with E-state index in [-0.39, 0.29) is 17.0 Å². The maximum Gasteiger partial charge on any atom is 0.354 e. The number of aliphatic hydroxyl groups is 1. The zero-order chi connectivity index (χ0) is 24.4. The maximum atomic E-state index is 13.2. The minimum Gasteiger partial charge on any atom is -0.507 e. The van der Waals surface area contributed by atoms with Crippen LogP contribution in [0.3, 0.4) is 0 Å². The van der Waals surface area contributed by atoms with Crippen LogP contribution >= 0.6 is 0 Å². The topological polar surface area (TPSA) is 118 Å². The van der Waals surface area contributed by atoms with Crippen molar-refractivity contribution in [2.45, 2.75) is 32.9 Å². The van der Waals surface area contributed by atoms with E-state index < -0.39 is 23.7 Å². The van der Waals surface area contributed by atoms with E-state index in [0.717, 1.165) is 0 Å². The first-order chi connectivity index (χ1) is 16.3. The number of imidazole rings is 1. The predicted molar refractivity (Wildman–Crippen MR) is 124 cm³/mol. The molecule has 34 heavy (non-hydrogen) atoms. The van der Waals surface area contributed by atoms with E-state index in [1.165, 1.54) is 12.0 Å². The van der Waals surface area contributed by atoms with Crippen LogP contribution in [0.1, 0.15) is 45.3 Å². The molecular weight excluding hydrogens is 436 g/mol. The number of esters is 1. The predicted octanol–water partition coefficient (Wildman–Crippen LogP) is 3.13. The van der Waals surface area contributed by atoms with E-state index in [1.807, 2.05) is 41.1 Å². The van der Waals surface area contributed by atoms with E-state index in [9.17, 15) is 19.5 Å². The number of H-pyrrole nitrogens is 1. The van der Waals surface area contributed by atoms with Crippen LogP contribution in [0.25, 0.3) is 5.76 Å². The molecule has 0 unspecified atom stereocenters. The summed E-state index contributed by atoms with van der Waals surface area (Å²) in [6.07, 6.45) is 5.81. The molecule has 1 fully saturated rings. The number of aliphatic hydroxyl groups excluding tert-OH is 1. The lowest BCUT2D eigenvalue weighted by Crippen LogP contribution is -2.31. The molecule has 1 aliphatic heterocycles. The van der Waals surface area contributed by atoms with Gasteiger partial charge in [0.15, 0.2) is 0 Å². The summed E-state index contributed by atoms with van der Waals surface area (Å²) in [4.78, 5) is 46.9. The molecule has 9 nitrogen and oxygen atoms in total. The van der Waals surface area contributed by atoms with Crippen LogP contribution in [0.2, 0.25) is 0 Å². The van der Waals surface area contributed by atoms with Crippen molar-refractivity contribution < 1.29 is 24.2 Å². The SMILES string of the molecule is COC(=O)c1[nH]c(C)c(/C(O)=C2\C(=O)C(=O)N(CCCn3ccnc3)[C@@H]2c2ccccc2)c1C. The second-order valence-electron chi connectivity index (χ2n) is 8.17. The summed E-state index contributed by atoms with van der Waals surface area (Å²) < 4.78 is 6.71. The van der Waals surface area contributed by atoms with Gasteiger partial charge in [-0.25, -0.2) is 9.78 Å². The number of aryl methyl sites for hydroxylation is 2. The molecule has 1 aromatic carbocycles. The van der Waals surface area contributed by atoms with Crippen LogP contribution in [0.5, 0.6) is 0 Å². The highest BCUT2D eigenvalue weighted by Crippen LogP contribution is 2.40. The van der Waals surface area contributed by atoms with Gasteiger partial charge in [0.05, 0.1) is 25.1 Å². The molecule has 9 heteroatoms. The van der Waals surface area contributed by atoms with Crippen LogP contribution in [0.4, 0.5) is 0 Å². The van der Waals surface area contributed by atoms with Crippen LogP contribution in [-0.2, 0) is 20.9 Å². The Morgan fingerprint density at radius 3 is 2.56 bits per heavy atom. The lowest BCUT2D eigenvalue weighted by Gasteiger charge is -2.25. The number of Topliss-reactive ketones (excluding diaryl/α,β-unsaturated/α-hetero) is 1. The molecule has 176 valence electrons. The molecular formula is C25H26N4O5. The van der Waals surface area contributed by atoms with E-state index in [0.29, 0.717) is 41.9 Å². The molecule has 0 bridgehead atoms. The Labute approximate surface area is 196 Å². The third-order valence-corrected chi connectivity index (χ3v) is 6.09. The molecule has 1 amide bonds. The number of aromatic amines is 1. The molecule has 0 spiro atoms. The number of methoxy groups -OCH3 is 1. The van der Waals surface area contributed by atoms with Crippen LogP contribution in [0, 0.1) is 13.8 Å². The van der Waals surface area contributed by atoms with E-state index in [2.05, 4.69) is 9.97 Å². The number of nitrogens with one attached hydrogen (secondary N) is 1. The Morgan fingerprint density at radius 2 is 1.91 bits per heavy atom. The zero-order valence-electron chi connectivity index (χ0n) is 19.2. The molecule has 0 radical (unpaired) electrons. The van der Waals surface area contributed by atoms with Crippen molar-refractivity contribution in [3.8, 4) is 0 Å². The van der Waals surface area contributed by atoms with Gasteiger partial charge in [-0.3, -0.25) is 9.59 Å². The highest BCUT2D eigenvalue weighted by atomic mass is 16.5. The molecule has 2 aromatic heterocycles. The number of ketones is 1. The summed E-state index contributed by atoms with van der Waals surface area (Å²) in [5.41, 5.74) is 2.16. The zero-order valence-corrected chi connectivity index (χ0v) is 19.2. The van der Waals surface area contributed by atoms with Gasteiger partial charge >= 0.3 is 5.97 Å². The number of carbonyl (C=O) groups is 3. The maximum absolute atomic E-state index is 13.2. The van der Waals surface area contributed by atoms with E-state index in [1.54, 1.807) is 26.4 Å². The van der Waals surface area contributed by atoms with Crippen molar-refractivity contribution in [1.29, 1.82) is 0 Å². The van der Waals surface area contributed by atoms with Gasteiger partial charge in [0.25, 0.3) is 11.7 Å². The first kappa shape index (κ1) is 23.0. The Balaban J connectivity index is 1.78. The minimum absolute atomic E-state index is 0.000414. The number of hydrogen-bond donors (Lipinski definition) is 2. The summed E-state index contributed by atoms with van der Waals surface area (Å²) in [5, 5.41) is 11.4. The lowest BCUT2D eigenvalue weighted by molar-refractivity contribution is -0.139. The van der Waals surface area contributed by atoms with Crippen LogP contribution in [-0.4, -0.2) is 55.9 Å². The van der Waals surface area contributed by atoms with Gasteiger partial charge in [0.1, 0.15) is 11.5 Å². The highest BCUT2D eigenvalue weighted by molar-refractivity contribution is 6.46. The number of amides is 1. The van der Waals surface area contributed by atoms with Gasteiger partial charge in [-0.15, -0.1) is 0 Å². The molecule has 1 atom stereocenters. The monoisotopic (exact) mass is 462 g/mol. The average Bonchev–Trinajstić information content (AvgIpc) is 3.52. The molecule has 2 N–H and O–H groups in total. The second-order valence-corrected chi connectivity index (χ2v) is 8.17. The van der Waals surface area contributed by atoms with Crippen molar-refractivity contribution in [3.05, 3.63) is 82.7 Å². The van der Waals surface area contributed by atoms with Crippen molar-refractivity contribution in [2.75, 3.05) is 13.7 Å². The van der Waals surface area contributed by atoms with Gasteiger partial charge in [-0.1, -0.05) is 30.3 Å². The Kier molecular flexibility index (Phi) is 6.36. The van der Waals surface area contributed by atoms with Crippen LogP contribution < -0.4 is 0 Å². The molecule has 3 aromatic rings. The fraction of sp³-hybridized carbons (Fsp3) is 0.280. The fourth-order valence-corrected chi connectivity index (χ4v) is 4.48. The Bertz CT molecular complexity index is 1260. The molecule has 1 aliphatic rings. The number of carbonyl (C=O) groups excluding carboxylic acids is 3. The van der Waals surface area contributed by atoms with Gasteiger partial charge in [0, 0.05) is 36.7 Å². The standard InChI is InChI=1S/C25H26N4O5/c1-15-18(16(2)27-20(15)25(33)34-3)22(30)19-21(17-8-5-4-6-9-17)29(24(32)23(19)31)12-7-11-28-13-10-26-14-28/h4-6,8-10,13-14,21,27,30H,7,11-12H2,1-3H3/b22-19+/t21-/m1/s1. The molecule has 4 rings (SSSR count). The quantitative estimate of drug-likeness (QED) is 0.241. The fourth-order valence-electron chi connectivity index (χ4n) is 4.48. The lowest BCUT2D eigenvalue weighted by atomic mass is 9.94. The number of rotatable bonds is 7. The number of benzene rings is 1. The third-order valence-electron chi connectivity index (χ3n) is 6.09. The smallest absolute Gasteiger partial charge is 0.354 e. The summed E-state index contributed by atoms with van der Waals surface area (Å²) in [6.45, 7) is 4.29. The molecule has 0 saturated carbocycles. The first-order valence-electron chi connectivity index (χ1n) is 10.9. The van der Waals surface area contributed by atoms with Gasteiger partial charge in [0.2, 0.25) is 0 Å². The van der Waals surface area contributed by atoms with Crippen molar-refractivity contribution >= 4 is 23.4 Å². The van der Waals surface area contributed by atoms with Gasteiger partial charge in [-0.2, -0.15) is 0 Å². The number of hydrogen-bond acceptors (Lipinski definition) is 6. The Morgan fingerprint density at radius 1 is 1.18 bits per heavy atom. The number of aromatic nitrogens is 3. The number of ether oxygens (including phenoxy) is 1. The third kappa shape index (κ3) is 4.00. The normalized spacial score (nSPS) is 17.4.